The molecule has 3 fully saturated rings. The molecule has 11 heteroatoms. The van der Waals surface area contributed by atoms with Crippen molar-refractivity contribution in [3.63, 3.8) is 0 Å². The van der Waals surface area contributed by atoms with Gasteiger partial charge in [0, 0.05) is 45.0 Å². The van der Waals surface area contributed by atoms with E-state index in [-0.39, 0.29) is 18.9 Å². The molecule has 2 aromatic rings. The summed E-state index contributed by atoms with van der Waals surface area (Å²) in [7, 11) is 1.73. The van der Waals surface area contributed by atoms with Crippen LogP contribution in [0.25, 0.3) is 10.9 Å². The maximum Gasteiger partial charge on any atom is 0.275 e. The highest BCUT2D eigenvalue weighted by molar-refractivity contribution is 6.02. The van der Waals surface area contributed by atoms with Crippen LogP contribution in [0.15, 0.2) is 12.1 Å². The van der Waals surface area contributed by atoms with Gasteiger partial charge in [-0.25, -0.2) is 13.2 Å². The standard InChI is InChI=1S/C22H27F3N6O2/c1-29-16-11-17(30-6-8-31(9-7-30)18-4-5-26-12-22(18,24)25)15(23)10-14(16)20(28-29)13-2-3-19(32)27-21(13)33/h10-11,13,18,26H,2-9,12H2,1H3,(H,27,32,33)/t13?,18-/m0/s1. The van der Waals surface area contributed by atoms with Gasteiger partial charge in [0.05, 0.1) is 35.4 Å². The molecule has 0 spiro atoms. The van der Waals surface area contributed by atoms with Crippen LogP contribution >= 0.6 is 0 Å². The van der Waals surface area contributed by atoms with Crippen LogP contribution in [-0.4, -0.2) is 77.7 Å². The summed E-state index contributed by atoms with van der Waals surface area (Å²) in [5.74, 6) is -4.55. The Labute approximate surface area is 189 Å². The third-order valence-corrected chi connectivity index (χ3v) is 7.06. The molecule has 1 unspecified atom stereocenters. The zero-order valence-corrected chi connectivity index (χ0v) is 18.4. The molecule has 33 heavy (non-hydrogen) atoms. The molecule has 3 aliphatic rings. The Kier molecular flexibility index (Phi) is 5.56. The van der Waals surface area contributed by atoms with Crippen LogP contribution in [0.2, 0.25) is 0 Å². The van der Waals surface area contributed by atoms with E-state index in [0.717, 1.165) is 0 Å². The lowest BCUT2D eigenvalue weighted by molar-refractivity contribution is -0.134. The summed E-state index contributed by atoms with van der Waals surface area (Å²) >= 11 is 0. The predicted octanol–water partition coefficient (Wildman–Crippen LogP) is 1.35. The minimum atomic E-state index is -2.77. The van der Waals surface area contributed by atoms with Crippen molar-refractivity contribution < 1.29 is 22.8 Å². The Morgan fingerprint density at radius 1 is 1.12 bits per heavy atom. The average molecular weight is 464 g/mol. The zero-order chi connectivity index (χ0) is 23.3. The molecule has 2 amide bonds. The van der Waals surface area contributed by atoms with Crippen LogP contribution in [0.4, 0.5) is 18.9 Å². The minimum Gasteiger partial charge on any atom is -0.367 e. The van der Waals surface area contributed by atoms with Gasteiger partial charge in [0.25, 0.3) is 5.92 Å². The van der Waals surface area contributed by atoms with Gasteiger partial charge >= 0.3 is 0 Å². The second-order valence-corrected chi connectivity index (χ2v) is 9.10. The number of anilines is 1. The van der Waals surface area contributed by atoms with E-state index in [2.05, 4.69) is 15.7 Å². The maximum absolute atomic E-state index is 15.2. The van der Waals surface area contributed by atoms with Crippen LogP contribution in [0, 0.1) is 5.82 Å². The number of nitrogens with zero attached hydrogens (tertiary/aromatic N) is 4. The van der Waals surface area contributed by atoms with E-state index in [1.54, 1.807) is 17.8 Å². The molecule has 3 aliphatic heterocycles. The van der Waals surface area contributed by atoms with Crippen LogP contribution in [0.5, 0.6) is 0 Å². The van der Waals surface area contributed by atoms with Crippen molar-refractivity contribution in [1.29, 1.82) is 0 Å². The fraction of sp³-hybridized carbons (Fsp3) is 0.591. The van der Waals surface area contributed by atoms with E-state index >= 15 is 4.39 Å². The molecule has 2 N–H and O–H groups in total. The van der Waals surface area contributed by atoms with E-state index < -0.39 is 29.6 Å². The minimum absolute atomic E-state index is 0.218. The molecular formula is C22H27F3N6O2. The third kappa shape index (κ3) is 3.97. The number of carbonyl (C=O) groups is 2. The number of halogens is 3. The number of nitrogens with one attached hydrogen (secondary N) is 2. The van der Waals surface area contributed by atoms with Gasteiger partial charge in [-0.2, -0.15) is 5.10 Å². The van der Waals surface area contributed by atoms with E-state index in [9.17, 15) is 18.4 Å². The van der Waals surface area contributed by atoms with Gasteiger partial charge in [-0.3, -0.25) is 24.5 Å². The summed E-state index contributed by atoms with van der Waals surface area (Å²) in [5, 5.41) is 10.1. The Morgan fingerprint density at radius 2 is 1.88 bits per heavy atom. The number of aromatic nitrogens is 2. The number of rotatable bonds is 3. The van der Waals surface area contributed by atoms with Crippen molar-refractivity contribution in [2.75, 3.05) is 44.2 Å². The van der Waals surface area contributed by atoms with E-state index in [1.807, 2.05) is 9.80 Å². The SMILES string of the molecule is Cn1nc(C2CCC(=O)NC2=O)c2cc(F)c(N3CCN([C@H]4CCNCC4(F)F)CC3)cc21. The van der Waals surface area contributed by atoms with E-state index in [0.29, 0.717) is 67.8 Å². The van der Waals surface area contributed by atoms with Gasteiger partial charge in [0.15, 0.2) is 0 Å². The van der Waals surface area contributed by atoms with Crippen molar-refractivity contribution in [1.82, 2.24) is 25.3 Å². The first-order valence-electron chi connectivity index (χ1n) is 11.3. The number of hydrogen-bond donors (Lipinski definition) is 2. The second kappa shape index (κ2) is 8.28. The molecule has 0 aliphatic carbocycles. The van der Waals surface area contributed by atoms with Crippen molar-refractivity contribution in [3.05, 3.63) is 23.6 Å². The topological polar surface area (TPSA) is 82.5 Å². The normalized spacial score (nSPS) is 26.6. The number of aryl methyl sites for hydroxylation is 1. The summed E-state index contributed by atoms with van der Waals surface area (Å²) in [6, 6.07) is 2.31. The molecule has 178 valence electrons. The monoisotopic (exact) mass is 464 g/mol. The first-order valence-corrected chi connectivity index (χ1v) is 11.3. The fourth-order valence-corrected chi connectivity index (χ4v) is 5.29. The molecule has 4 heterocycles. The van der Waals surface area contributed by atoms with E-state index in [1.165, 1.54) is 6.07 Å². The number of fused-ring (bicyclic) bond motifs is 1. The highest BCUT2D eigenvalue weighted by atomic mass is 19.3. The lowest BCUT2D eigenvalue weighted by atomic mass is 9.92. The first kappa shape index (κ1) is 22.1. The van der Waals surface area contributed by atoms with E-state index in [4.69, 9.17) is 0 Å². The van der Waals surface area contributed by atoms with Crippen LogP contribution in [0.1, 0.15) is 30.9 Å². The molecule has 0 radical (unpaired) electrons. The van der Waals surface area contributed by atoms with Gasteiger partial charge in [-0.15, -0.1) is 0 Å². The molecule has 1 aromatic heterocycles. The Balaban J connectivity index is 1.37. The number of carbonyl (C=O) groups excluding carboxylic acids is 2. The number of imide groups is 1. The van der Waals surface area contributed by atoms with Crippen LogP contribution in [0.3, 0.4) is 0 Å². The summed E-state index contributed by atoms with van der Waals surface area (Å²) in [6.07, 6.45) is 0.949. The summed E-state index contributed by atoms with van der Waals surface area (Å²) in [4.78, 5) is 27.5. The quantitative estimate of drug-likeness (QED) is 0.668. The molecule has 8 nitrogen and oxygen atoms in total. The highest BCUT2D eigenvalue weighted by Crippen LogP contribution is 2.35. The van der Waals surface area contributed by atoms with Crippen LogP contribution < -0.4 is 15.5 Å². The van der Waals surface area contributed by atoms with Gasteiger partial charge < -0.3 is 10.2 Å². The largest absolute Gasteiger partial charge is 0.367 e. The predicted molar refractivity (Wildman–Crippen MR) is 116 cm³/mol. The molecular weight excluding hydrogens is 437 g/mol. The van der Waals surface area contributed by atoms with Crippen molar-refractivity contribution in [2.45, 2.75) is 37.1 Å². The lowest BCUT2D eigenvalue weighted by Gasteiger charge is -2.44. The number of amides is 2. The van der Waals surface area contributed by atoms with Gasteiger partial charge in [0.1, 0.15) is 5.82 Å². The highest BCUT2D eigenvalue weighted by Gasteiger charge is 2.45. The summed E-state index contributed by atoms with van der Waals surface area (Å²) < 4.78 is 45.5. The van der Waals surface area contributed by atoms with Gasteiger partial charge in [-0.1, -0.05) is 0 Å². The second-order valence-electron chi connectivity index (χ2n) is 9.10. The molecule has 5 rings (SSSR count). The molecule has 1 aromatic carbocycles. The van der Waals surface area contributed by atoms with Crippen molar-refractivity contribution in [2.24, 2.45) is 7.05 Å². The van der Waals surface area contributed by atoms with Gasteiger partial charge in [-0.05, 0) is 31.5 Å². The number of benzene rings is 1. The Morgan fingerprint density at radius 3 is 2.58 bits per heavy atom. The maximum atomic E-state index is 15.2. The van der Waals surface area contributed by atoms with Crippen molar-refractivity contribution >= 4 is 28.4 Å². The molecule has 2 atom stereocenters. The number of piperidine rings is 2. The number of alkyl halides is 2. The Hall–Kier alpha value is -2.66. The smallest absolute Gasteiger partial charge is 0.275 e. The lowest BCUT2D eigenvalue weighted by Crippen LogP contribution is -2.61. The first-order chi connectivity index (χ1) is 15.7. The molecule has 0 saturated carbocycles. The number of piperazine rings is 1. The number of hydrogen-bond acceptors (Lipinski definition) is 6. The fourth-order valence-electron chi connectivity index (χ4n) is 5.29. The van der Waals surface area contributed by atoms with Crippen molar-refractivity contribution in [3.8, 4) is 0 Å². The van der Waals surface area contributed by atoms with Gasteiger partial charge in [0.2, 0.25) is 11.8 Å². The Bertz CT molecular complexity index is 1100. The molecule has 0 bridgehead atoms. The summed E-state index contributed by atoms with van der Waals surface area (Å²) in [6.45, 7) is 2.02. The zero-order valence-electron chi connectivity index (χ0n) is 18.4. The van der Waals surface area contributed by atoms with Crippen LogP contribution in [-0.2, 0) is 16.6 Å². The average Bonchev–Trinajstić information content (AvgIpc) is 3.08. The molecule has 3 saturated heterocycles. The summed E-state index contributed by atoms with van der Waals surface area (Å²) in [5.41, 5.74) is 1.54. The third-order valence-electron chi connectivity index (χ3n) is 7.06.